The van der Waals surface area contributed by atoms with Gasteiger partial charge in [-0.25, -0.2) is 4.79 Å². The molecule has 0 aliphatic heterocycles. The summed E-state index contributed by atoms with van der Waals surface area (Å²) >= 11 is 0. The predicted molar refractivity (Wildman–Crippen MR) is 24.1 cm³/mol. The molecule has 0 spiro atoms. The second kappa shape index (κ2) is 25.8. The summed E-state index contributed by atoms with van der Waals surface area (Å²) in [5, 5.41) is 7.57. The first-order valence-corrected chi connectivity index (χ1v) is 1.58. The second-order valence-corrected chi connectivity index (χ2v) is 0.461. The summed E-state index contributed by atoms with van der Waals surface area (Å²) in [6.07, 6.45) is 0. The minimum Gasteiger partial charge on any atom is -0.397 e. The van der Waals surface area contributed by atoms with Crippen LogP contribution in [0.15, 0.2) is 6.58 Å². The third-order valence-corrected chi connectivity index (χ3v) is 0. The molecule has 0 aliphatic rings. The fourth-order valence-corrected chi connectivity index (χ4v) is 0. The SMILES string of the molecule is C=C=O.CCO. The van der Waals surface area contributed by atoms with Gasteiger partial charge >= 0.3 is 0 Å². The van der Waals surface area contributed by atoms with Gasteiger partial charge in [-0.15, -0.1) is 0 Å². The van der Waals surface area contributed by atoms with Crippen LogP contribution < -0.4 is 0 Å². The lowest BCUT2D eigenvalue weighted by Gasteiger charge is -1.52. The molecule has 2 nitrogen and oxygen atoms in total. The van der Waals surface area contributed by atoms with Crippen LogP contribution in [0.25, 0.3) is 0 Å². The topological polar surface area (TPSA) is 37.3 Å². The van der Waals surface area contributed by atoms with Gasteiger partial charge in [0.15, 0.2) is 0 Å². The maximum absolute atomic E-state index is 8.57. The number of aliphatic hydroxyl groups excluding tert-OH is 1. The normalized spacial score (nSPS) is 4.33. The number of carbonyl (C=O) groups excluding carboxylic acids is 1. The predicted octanol–water partition coefficient (Wildman–Crippen LogP) is 0.00260. The molecule has 0 saturated heterocycles. The Balaban J connectivity index is 0. The minimum absolute atomic E-state index is 0.250. The van der Waals surface area contributed by atoms with Crippen LogP contribution in [-0.2, 0) is 4.79 Å². The Kier molecular flexibility index (Phi) is 38.9. The summed E-state index contributed by atoms with van der Waals surface area (Å²) in [5.74, 6) is 1.25. The van der Waals surface area contributed by atoms with E-state index in [1.54, 1.807) is 6.92 Å². The summed E-state index contributed by atoms with van der Waals surface area (Å²) in [6, 6.07) is 0. The fraction of sp³-hybridized carbons (Fsp3) is 0.500. The Morgan fingerprint density at radius 2 is 2.00 bits per heavy atom. The molecule has 2 heteroatoms. The van der Waals surface area contributed by atoms with Crippen LogP contribution in [-0.4, -0.2) is 17.7 Å². The molecule has 0 fully saturated rings. The molecule has 0 aliphatic carbocycles. The van der Waals surface area contributed by atoms with Gasteiger partial charge in [0.05, 0.1) is 0 Å². The van der Waals surface area contributed by atoms with E-state index in [0.29, 0.717) is 0 Å². The van der Waals surface area contributed by atoms with E-state index in [4.69, 9.17) is 9.90 Å². The summed E-state index contributed by atoms with van der Waals surface area (Å²) in [5.41, 5.74) is 0. The lowest BCUT2D eigenvalue weighted by molar-refractivity contribution is 0.318. The Morgan fingerprint density at radius 3 is 2.00 bits per heavy atom. The van der Waals surface area contributed by atoms with E-state index in [1.807, 2.05) is 0 Å². The van der Waals surface area contributed by atoms with Crippen molar-refractivity contribution < 1.29 is 9.90 Å². The first kappa shape index (κ1) is 9.05. The van der Waals surface area contributed by atoms with Crippen LogP contribution in [0.4, 0.5) is 0 Å². The number of rotatable bonds is 0. The van der Waals surface area contributed by atoms with Gasteiger partial charge in [0.25, 0.3) is 0 Å². The second-order valence-electron chi connectivity index (χ2n) is 0.461. The van der Waals surface area contributed by atoms with Crippen LogP contribution in [0.1, 0.15) is 6.92 Å². The summed E-state index contributed by atoms with van der Waals surface area (Å²) in [7, 11) is 0. The quantitative estimate of drug-likeness (QED) is 0.423. The van der Waals surface area contributed by atoms with Crippen LogP contribution in [0.5, 0.6) is 0 Å². The van der Waals surface area contributed by atoms with Crippen molar-refractivity contribution in [1.29, 1.82) is 0 Å². The summed E-state index contributed by atoms with van der Waals surface area (Å²) < 4.78 is 0. The van der Waals surface area contributed by atoms with Crippen LogP contribution in [0, 0.1) is 0 Å². The van der Waals surface area contributed by atoms with Crippen molar-refractivity contribution in [3.63, 3.8) is 0 Å². The molecule has 1 N–H and O–H groups in total. The molecular weight excluding hydrogens is 80.0 g/mol. The molecule has 0 radical (unpaired) electrons. The van der Waals surface area contributed by atoms with E-state index in [2.05, 4.69) is 6.58 Å². The van der Waals surface area contributed by atoms with Gasteiger partial charge in [-0.1, -0.05) is 0 Å². The van der Waals surface area contributed by atoms with E-state index in [9.17, 15) is 0 Å². The number of hydrogen-bond acceptors (Lipinski definition) is 2. The fourth-order valence-electron chi connectivity index (χ4n) is 0. The molecule has 0 unspecified atom stereocenters. The highest BCUT2D eigenvalue weighted by molar-refractivity contribution is 5.38. The first-order chi connectivity index (χ1) is 2.83. The Bertz CT molecular complexity index is 34.8. The van der Waals surface area contributed by atoms with Crippen molar-refractivity contribution >= 4 is 5.94 Å². The number of hydrogen-bond donors (Lipinski definition) is 1. The molecule has 6 heavy (non-hydrogen) atoms. The van der Waals surface area contributed by atoms with Gasteiger partial charge in [-0.3, -0.25) is 0 Å². The lowest BCUT2D eigenvalue weighted by atomic mass is 10.9. The third kappa shape index (κ3) is 56.9. The van der Waals surface area contributed by atoms with Crippen LogP contribution >= 0.6 is 0 Å². The van der Waals surface area contributed by atoms with Crippen molar-refractivity contribution in [1.82, 2.24) is 0 Å². The maximum atomic E-state index is 8.57. The molecule has 36 valence electrons. The summed E-state index contributed by atoms with van der Waals surface area (Å²) in [6.45, 7) is 4.61. The minimum atomic E-state index is 0.250. The van der Waals surface area contributed by atoms with E-state index < -0.39 is 0 Å². The van der Waals surface area contributed by atoms with E-state index in [-0.39, 0.29) is 6.61 Å². The van der Waals surface area contributed by atoms with Gasteiger partial charge in [0.1, 0.15) is 5.94 Å². The highest BCUT2D eigenvalue weighted by Gasteiger charge is 1.34. The van der Waals surface area contributed by atoms with E-state index in [0.717, 1.165) is 0 Å². The van der Waals surface area contributed by atoms with Gasteiger partial charge < -0.3 is 5.11 Å². The molecule has 0 bridgehead atoms. The average Bonchev–Trinajstić information content (AvgIpc) is 1.39. The molecule has 0 aromatic carbocycles. The van der Waals surface area contributed by atoms with Gasteiger partial charge in [-0.2, -0.15) is 0 Å². The number of aliphatic hydroxyl groups is 1. The Morgan fingerprint density at radius 1 is 2.00 bits per heavy atom. The molecule has 0 saturated carbocycles. The molecule has 0 amide bonds. The molecule has 0 aromatic rings. The van der Waals surface area contributed by atoms with Crippen LogP contribution in [0.2, 0.25) is 0 Å². The zero-order valence-corrected chi connectivity index (χ0v) is 3.77. The van der Waals surface area contributed by atoms with E-state index >= 15 is 0 Å². The van der Waals surface area contributed by atoms with E-state index in [1.165, 1.54) is 5.94 Å². The van der Waals surface area contributed by atoms with Gasteiger partial charge in [0, 0.05) is 6.61 Å². The Hall–Kier alpha value is -0.590. The molecule has 0 rings (SSSR count). The molecule has 0 atom stereocenters. The zero-order chi connectivity index (χ0) is 5.41. The van der Waals surface area contributed by atoms with Crippen molar-refractivity contribution in [3.05, 3.63) is 6.58 Å². The lowest BCUT2D eigenvalue weighted by Crippen LogP contribution is -1.57. The van der Waals surface area contributed by atoms with Crippen molar-refractivity contribution in [2.24, 2.45) is 0 Å². The highest BCUT2D eigenvalue weighted by Crippen LogP contribution is 1.30. The molecular formula is C4H8O2. The highest BCUT2D eigenvalue weighted by atomic mass is 16.2. The zero-order valence-electron chi connectivity index (χ0n) is 3.77. The van der Waals surface area contributed by atoms with Crippen molar-refractivity contribution in [3.8, 4) is 0 Å². The van der Waals surface area contributed by atoms with Gasteiger partial charge in [-0.05, 0) is 13.5 Å². The van der Waals surface area contributed by atoms with Crippen LogP contribution in [0.3, 0.4) is 0 Å². The third-order valence-electron chi connectivity index (χ3n) is 0. The van der Waals surface area contributed by atoms with Crippen molar-refractivity contribution in [2.75, 3.05) is 6.61 Å². The first-order valence-electron chi connectivity index (χ1n) is 1.58. The smallest absolute Gasteiger partial charge is 0.116 e. The maximum Gasteiger partial charge on any atom is 0.116 e. The Labute approximate surface area is 37.1 Å². The summed E-state index contributed by atoms with van der Waals surface area (Å²) in [4.78, 5) is 8.57. The van der Waals surface area contributed by atoms with Crippen molar-refractivity contribution in [2.45, 2.75) is 6.92 Å². The largest absolute Gasteiger partial charge is 0.397 e. The molecule has 0 heterocycles. The molecule has 0 aromatic heterocycles. The standard InChI is InChI=1S/C2H6O.C2H2O/c2*1-2-3/h3H,2H2,1H3;1H2. The average molecular weight is 88.1 g/mol. The monoisotopic (exact) mass is 88.1 g/mol. The van der Waals surface area contributed by atoms with Gasteiger partial charge in [0.2, 0.25) is 0 Å².